The molecule has 0 aliphatic carbocycles. The monoisotopic (exact) mass is 147 g/mol. The highest BCUT2D eigenvalue weighted by Crippen LogP contribution is 2.12. The zero-order valence-corrected chi connectivity index (χ0v) is 5.64. The van der Waals surface area contributed by atoms with E-state index in [1.807, 2.05) is 0 Å². The van der Waals surface area contributed by atoms with Gasteiger partial charge in [0.25, 0.3) is 0 Å². The molecule has 2 heterocycles. The average Bonchev–Trinajstić information content (AvgIpc) is 2.58. The van der Waals surface area contributed by atoms with Gasteiger partial charge in [0.2, 0.25) is 0 Å². The molecule has 0 radical (unpaired) electrons. The van der Waals surface area contributed by atoms with Crippen LogP contribution in [0.2, 0.25) is 0 Å². The third-order valence-corrected chi connectivity index (χ3v) is 1.25. The predicted molar refractivity (Wildman–Crippen MR) is 37.5 cm³/mol. The maximum atomic E-state index is 4.87. The van der Waals surface area contributed by atoms with E-state index in [1.165, 1.54) is 0 Å². The lowest BCUT2D eigenvalue weighted by molar-refractivity contribution is 0.431. The fourth-order valence-electron chi connectivity index (χ4n) is 0.774. The molecule has 0 aromatic carbocycles. The highest BCUT2D eigenvalue weighted by Gasteiger charge is 2.00. The van der Waals surface area contributed by atoms with Gasteiger partial charge in [-0.3, -0.25) is 4.98 Å². The van der Waals surface area contributed by atoms with Crippen molar-refractivity contribution in [1.82, 2.24) is 15.1 Å². The molecule has 0 aliphatic rings. The van der Waals surface area contributed by atoms with Crippen molar-refractivity contribution in [2.24, 2.45) is 0 Å². The van der Waals surface area contributed by atoms with E-state index in [0.29, 0.717) is 11.5 Å². The molecule has 0 saturated heterocycles. The van der Waals surface area contributed by atoms with Crippen LogP contribution in [0.25, 0.3) is 11.5 Å². The summed E-state index contributed by atoms with van der Waals surface area (Å²) >= 11 is 0. The van der Waals surface area contributed by atoms with Gasteiger partial charge in [-0.05, 0) is 0 Å². The minimum atomic E-state index is 0.637. The van der Waals surface area contributed by atoms with Gasteiger partial charge in [-0.1, -0.05) is 5.16 Å². The first-order valence-corrected chi connectivity index (χ1v) is 3.14. The maximum absolute atomic E-state index is 4.87. The van der Waals surface area contributed by atoms with Crippen LogP contribution >= 0.6 is 0 Å². The quantitative estimate of drug-likeness (QED) is 0.606. The smallest absolute Gasteiger partial charge is 0.186 e. The molecular formula is C7H5N3O. The zero-order chi connectivity index (χ0) is 7.52. The molecule has 0 N–H and O–H groups in total. The highest BCUT2D eigenvalue weighted by atomic mass is 16.5. The van der Waals surface area contributed by atoms with E-state index in [-0.39, 0.29) is 0 Å². The summed E-state index contributed by atoms with van der Waals surface area (Å²) in [5.74, 6) is 0.637. The summed E-state index contributed by atoms with van der Waals surface area (Å²) in [5, 5.41) is 3.56. The van der Waals surface area contributed by atoms with Crippen LogP contribution in [0, 0.1) is 0 Å². The molecule has 0 amide bonds. The van der Waals surface area contributed by atoms with E-state index in [9.17, 15) is 0 Å². The van der Waals surface area contributed by atoms with Crippen LogP contribution < -0.4 is 0 Å². The Hall–Kier alpha value is -1.71. The van der Waals surface area contributed by atoms with Crippen LogP contribution in [0.4, 0.5) is 0 Å². The predicted octanol–water partition coefficient (Wildman–Crippen LogP) is 1.13. The van der Waals surface area contributed by atoms with Crippen molar-refractivity contribution in [1.29, 1.82) is 0 Å². The van der Waals surface area contributed by atoms with Gasteiger partial charge in [0.15, 0.2) is 5.76 Å². The Balaban J connectivity index is 2.46. The summed E-state index contributed by atoms with van der Waals surface area (Å²) in [5.41, 5.74) is 0.699. The first-order valence-electron chi connectivity index (χ1n) is 3.14. The van der Waals surface area contributed by atoms with Crippen molar-refractivity contribution in [2.75, 3.05) is 0 Å². The van der Waals surface area contributed by atoms with Gasteiger partial charge in [-0.25, -0.2) is 4.98 Å². The molecule has 4 nitrogen and oxygen atoms in total. The van der Waals surface area contributed by atoms with Crippen LogP contribution in [-0.4, -0.2) is 15.1 Å². The van der Waals surface area contributed by atoms with E-state index < -0.39 is 0 Å². The van der Waals surface area contributed by atoms with Crippen LogP contribution in [0.3, 0.4) is 0 Å². The first kappa shape index (κ1) is 6.03. The number of nitrogens with zero attached hydrogens (tertiary/aromatic N) is 3. The van der Waals surface area contributed by atoms with Crippen LogP contribution in [0.1, 0.15) is 0 Å². The first-order chi connectivity index (χ1) is 5.47. The number of hydrogen-bond donors (Lipinski definition) is 0. The largest absolute Gasteiger partial charge is 0.355 e. The van der Waals surface area contributed by atoms with Crippen molar-refractivity contribution in [3.8, 4) is 11.5 Å². The van der Waals surface area contributed by atoms with Gasteiger partial charge in [-0.2, -0.15) is 0 Å². The number of hydrogen-bond acceptors (Lipinski definition) is 4. The Morgan fingerprint density at radius 3 is 2.82 bits per heavy atom. The molecule has 0 bridgehead atoms. The van der Waals surface area contributed by atoms with Crippen molar-refractivity contribution >= 4 is 0 Å². The zero-order valence-electron chi connectivity index (χ0n) is 5.64. The van der Waals surface area contributed by atoms with E-state index in [1.54, 1.807) is 30.9 Å². The standard InChI is InChI=1S/C7H5N3O/c1-2-10-11-7(1)6-5-8-3-4-9-6/h1-5H. The van der Waals surface area contributed by atoms with Crippen LogP contribution in [0.15, 0.2) is 35.4 Å². The fraction of sp³-hybridized carbons (Fsp3) is 0. The molecule has 0 saturated carbocycles. The van der Waals surface area contributed by atoms with Gasteiger partial charge < -0.3 is 4.52 Å². The minimum absolute atomic E-state index is 0.637. The van der Waals surface area contributed by atoms with Crippen molar-refractivity contribution < 1.29 is 4.52 Å². The lowest BCUT2D eigenvalue weighted by Gasteiger charge is -1.89. The fourth-order valence-corrected chi connectivity index (χ4v) is 0.774. The summed E-state index contributed by atoms with van der Waals surface area (Å²) < 4.78 is 4.87. The third-order valence-electron chi connectivity index (χ3n) is 1.25. The van der Waals surface area contributed by atoms with E-state index in [2.05, 4.69) is 15.1 Å². The summed E-state index contributed by atoms with van der Waals surface area (Å²) in [4.78, 5) is 7.92. The Labute approximate surface area is 62.9 Å². The van der Waals surface area contributed by atoms with Crippen molar-refractivity contribution in [3.63, 3.8) is 0 Å². The molecule has 0 unspecified atom stereocenters. The van der Waals surface area contributed by atoms with Gasteiger partial charge in [-0.15, -0.1) is 0 Å². The molecule has 2 rings (SSSR count). The molecule has 4 heteroatoms. The second kappa shape index (κ2) is 2.49. The molecule has 0 fully saturated rings. The Kier molecular flexibility index (Phi) is 1.37. The third kappa shape index (κ3) is 1.10. The van der Waals surface area contributed by atoms with E-state index in [0.717, 1.165) is 0 Å². The molecule has 0 atom stereocenters. The number of aromatic nitrogens is 3. The Morgan fingerprint density at radius 1 is 1.18 bits per heavy atom. The lowest BCUT2D eigenvalue weighted by Crippen LogP contribution is -1.80. The van der Waals surface area contributed by atoms with Gasteiger partial charge in [0, 0.05) is 18.5 Å². The Bertz CT molecular complexity index is 317. The molecule has 2 aromatic heterocycles. The summed E-state index contributed by atoms with van der Waals surface area (Å²) in [6.07, 6.45) is 6.42. The van der Waals surface area contributed by atoms with Crippen LogP contribution in [0.5, 0.6) is 0 Å². The van der Waals surface area contributed by atoms with Gasteiger partial charge in [0.1, 0.15) is 5.69 Å². The van der Waals surface area contributed by atoms with Gasteiger partial charge >= 0.3 is 0 Å². The maximum Gasteiger partial charge on any atom is 0.186 e. The van der Waals surface area contributed by atoms with Gasteiger partial charge in [0.05, 0.1) is 12.4 Å². The summed E-state index contributed by atoms with van der Waals surface area (Å²) in [6.45, 7) is 0. The second-order valence-corrected chi connectivity index (χ2v) is 1.97. The second-order valence-electron chi connectivity index (χ2n) is 1.97. The normalized spacial score (nSPS) is 9.82. The average molecular weight is 147 g/mol. The molecule has 0 aliphatic heterocycles. The lowest BCUT2D eigenvalue weighted by atomic mass is 10.3. The minimum Gasteiger partial charge on any atom is -0.355 e. The van der Waals surface area contributed by atoms with Crippen molar-refractivity contribution in [2.45, 2.75) is 0 Å². The molecule has 11 heavy (non-hydrogen) atoms. The molecule has 2 aromatic rings. The van der Waals surface area contributed by atoms with E-state index in [4.69, 9.17) is 4.52 Å². The summed E-state index contributed by atoms with van der Waals surface area (Å²) in [7, 11) is 0. The summed E-state index contributed by atoms with van der Waals surface area (Å²) in [6, 6.07) is 1.74. The van der Waals surface area contributed by atoms with E-state index >= 15 is 0 Å². The highest BCUT2D eigenvalue weighted by molar-refractivity contribution is 5.48. The molecular weight excluding hydrogens is 142 g/mol. The Morgan fingerprint density at radius 2 is 2.18 bits per heavy atom. The van der Waals surface area contributed by atoms with Crippen molar-refractivity contribution in [3.05, 3.63) is 30.9 Å². The topological polar surface area (TPSA) is 51.8 Å². The van der Waals surface area contributed by atoms with Crippen LogP contribution in [-0.2, 0) is 0 Å². The number of rotatable bonds is 1. The molecule has 0 spiro atoms. The molecule has 54 valence electrons. The SMILES string of the molecule is c1cnc(-c2ccno2)cn1.